The normalized spacial score (nSPS) is 16.7. The third-order valence-electron chi connectivity index (χ3n) is 4.45. The van der Waals surface area contributed by atoms with Crippen LogP contribution < -0.4 is 5.32 Å². The maximum Gasteiger partial charge on any atom is 0.0233 e. The van der Waals surface area contributed by atoms with Crippen LogP contribution in [0.15, 0.2) is 24.3 Å². The first kappa shape index (κ1) is 16.5. The summed E-state index contributed by atoms with van der Waals surface area (Å²) < 4.78 is 0. The molecule has 1 unspecified atom stereocenters. The van der Waals surface area contributed by atoms with Gasteiger partial charge in [0.05, 0.1) is 0 Å². The number of nitrogens with one attached hydrogen (secondary N) is 1. The van der Waals surface area contributed by atoms with Crippen molar-refractivity contribution in [2.24, 2.45) is 5.92 Å². The molecule has 0 aromatic heterocycles. The predicted molar refractivity (Wildman–Crippen MR) is 91.7 cm³/mol. The van der Waals surface area contributed by atoms with Gasteiger partial charge in [0, 0.05) is 25.7 Å². The second-order valence-electron chi connectivity index (χ2n) is 6.98. The lowest BCUT2D eigenvalue weighted by atomic mass is 9.99. The van der Waals surface area contributed by atoms with Crippen molar-refractivity contribution >= 4 is 0 Å². The molecular formula is C19H32N2. The molecule has 2 rings (SSSR count). The van der Waals surface area contributed by atoms with E-state index in [0.29, 0.717) is 12.0 Å². The lowest BCUT2D eigenvalue weighted by molar-refractivity contribution is 0.268. The first-order chi connectivity index (χ1) is 10.1. The Labute approximate surface area is 130 Å². The molecule has 118 valence electrons. The van der Waals surface area contributed by atoms with E-state index in [1.54, 1.807) is 0 Å². The Morgan fingerprint density at radius 3 is 2.33 bits per heavy atom. The van der Waals surface area contributed by atoms with E-state index in [2.05, 4.69) is 62.2 Å². The van der Waals surface area contributed by atoms with E-state index in [1.165, 1.54) is 30.5 Å². The maximum atomic E-state index is 3.52. The topological polar surface area (TPSA) is 15.3 Å². The molecule has 2 nitrogen and oxygen atoms in total. The molecule has 1 fully saturated rings. The Morgan fingerprint density at radius 2 is 1.81 bits per heavy atom. The minimum Gasteiger partial charge on any atom is -0.314 e. The van der Waals surface area contributed by atoms with Gasteiger partial charge in [0.1, 0.15) is 0 Å². The summed E-state index contributed by atoms with van der Waals surface area (Å²) in [6.07, 6.45) is 2.88. The number of hydrogen-bond acceptors (Lipinski definition) is 2. The zero-order chi connectivity index (χ0) is 15.2. The van der Waals surface area contributed by atoms with Gasteiger partial charge >= 0.3 is 0 Å². The molecule has 1 saturated carbocycles. The minimum absolute atomic E-state index is 0.562. The van der Waals surface area contributed by atoms with Crippen molar-refractivity contribution in [2.45, 2.75) is 59.0 Å². The molecular weight excluding hydrogens is 256 g/mol. The Bertz CT molecular complexity index is 406. The molecule has 0 bridgehead atoms. The van der Waals surface area contributed by atoms with Crippen molar-refractivity contribution in [1.29, 1.82) is 0 Å². The average Bonchev–Trinajstić information content (AvgIpc) is 3.28. The fourth-order valence-corrected chi connectivity index (χ4v) is 2.71. The van der Waals surface area contributed by atoms with Gasteiger partial charge in [-0.25, -0.2) is 0 Å². The van der Waals surface area contributed by atoms with Crippen molar-refractivity contribution in [3.8, 4) is 0 Å². The first-order valence-corrected chi connectivity index (χ1v) is 8.63. The SMILES string of the molecule is CCN(Cc1ccc(C(C)CNC(C)C)cc1)CC1CC1. The van der Waals surface area contributed by atoms with Gasteiger partial charge in [-0.2, -0.15) is 0 Å². The Hall–Kier alpha value is -0.860. The summed E-state index contributed by atoms with van der Waals surface area (Å²) in [6, 6.07) is 9.82. The number of rotatable bonds is 9. The van der Waals surface area contributed by atoms with Crippen LogP contribution in [0.2, 0.25) is 0 Å². The van der Waals surface area contributed by atoms with E-state index in [-0.39, 0.29) is 0 Å². The third kappa shape index (κ3) is 5.80. The molecule has 0 saturated heterocycles. The van der Waals surface area contributed by atoms with Crippen molar-refractivity contribution < 1.29 is 0 Å². The Morgan fingerprint density at radius 1 is 1.14 bits per heavy atom. The van der Waals surface area contributed by atoms with E-state index in [9.17, 15) is 0 Å². The van der Waals surface area contributed by atoms with Crippen LogP contribution in [0.25, 0.3) is 0 Å². The van der Waals surface area contributed by atoms with E-state index >= 15 is 0 Å². The first-order valence-electron chi connectivity index (χ1n) is 8.63. The molecule has 0 radical (unpaired) electrons. The van der Waals surface area contributed by atoms with Crippen LogP contribution in [0, 0.1) is 5.92 Å². The summed E-state index contributed by atoms with van der Waals surface area (Å²) >= 11 is 0. The summed E-state index contributed by atoms with van der Waals surface area (Å²) in [7, 11) is 0. The van der Waals surface area contributed by atoms with Gasteiger partial charge in [-0.1, -0.05) is 52.0 Å². The van der Waals surface area contributed by atoms with Crippen LogP contribution in [-0.4, -0.2) is 30.6 Å². The summed E-state index contributed by atoms with van der Waals surface area (Å²) in [6.45, 7) is 13.6. The molecule has 1 aromatic carbocycles. The molecule has 0 amide bonds. The molecule has 0 heterocycles. The lowest BCUT2D eigenvalue weighted by Gasteiger charge is -2.21. The molecule has 21 heavy (non-hydrogen) atoms. The summed E-state index contributed by atoms with van der Waals surface area (Å²) in [5.74, 6) is 1.56. The fraction of sp³-hybridized carbons (Fsp3) is 0.684. The number of nitrogens with zero attached hydrogens (tertiary/aromatic N) is 1. The van der Waals surface area contributed by atoms with Gasteiger partial charge in [-0.15, -0.1) is 0 Å². The largest absolute Gasteiger partial charge is 0.314 e. The number of benzene rings is 1. The van der Waals surface area contributed by atoms with Crippen LogP contribution in [0.3, 0.4) is 0 Å². The summed E-state index contributed by atoms with van der Waals surface area (Å²) in [5, 5.41) is 3.52. The highest BCUT2D eigenvalue weighted by Crippen LogP contribution is 2.30. The number of hydrogen-bond donors (Lipinski definition) is 1. The van der Waals surface area contributed by atoms with Crippen LogP contribution in [0.1, 0.15) is 57.6 Å². The highest BCUT2D eigenvalue weighted by Gasteiger charge is 2.23. The van der Waals surface area contributed by atoms with Crippen molar-refractivity contribution in [3.63, 3.8) is 0 Å². The monoisotopic (exact) mass is 288 g/mol. The smallest absolute Gasteiger partial charge is 0.0233 e. The van der Waals surface area contributed by atoms with Gasteiger partial charge in [-0.05, 0) is 42.3 Å². The van der Waals surface area contributed by atoms with Gasteiger partial charge in [-0.3, -0.25) is 4.90 Å². The van der Waals surface area contributed by atoms with E-state index in [4.69, 9.17) is 0 Å². The average molecular weight is 288 g/mol. The van der Waals surface area contributed by atoms with Crippen LogP contribution >= 0.6 is 0 Å². The van der Waals surface area contributed by atoms with Crippen LogP contribution in [0.5, 0.6) is 0 Å². The molecule has 1 N–H and O–H groups in total. The Balaban J connectivity index is 1.85. The molecule has 1 atom stereocenters. The van der Waals surface area contributed by atoms with Crippen LogP contribution in [-0.2, 0) is 6.54 Å². The second kappa shape index (κ2) is 7.95. The molecule has 0 spiro atoms. The summed E-state index contributed by atoms with van der Waals surface area (Å²) in [5.41, 5.74) is 2.89. The molecule has 1 aromatic rings. The zero-order valence-corrected chi connectivity index (χ0v) is 14.2. The van der Waals surface area contributed by atoms with Gasteiger partial charge < -0.3 is 5.32 Å². The van der Waals surface area contributed by atoms with Gasteiger partial charge in [0.2, 0.25) is 0 Å². The highest BCUT2D eigenvalue weighted by molar-refractivity contribution is 5.25. The standard InChI is InChI=1S/C19H32N2/c1-5-21(13-17-6-7-17)14-18-8-10-19(11-9-18)16(4)12-20-15(2)3/h8-11,15-17,20H,5-7,12-14H2,1-4H3. The fourth-order valence-electron chi connectivity index (χ4n) is 2.71. The molecule has 1 aliphatic rings. The van der Waals surface area contributed by atoms with E-state index < -0.39 is 0 Å². The minimum atomic E-state index is 0.562. The van der Waals surface area contributed by atoms with E-state index in [1.807, 2.05) is 0 Å². The van der Waals surface area contributed by atoms with Gasteiger partial charge in [0.25, 0.3) is 0 Å². The second-order valence-corrected chi connectivity index (χ2v) is 6.98. The zero-order valence-electron chi connectivity index (χ0n) is 14.2. The highest BCUT2D eigenvalue weighted by atomic mass is 15.1. The molecule has 1 aliphatic carbocycles. The van der Waals surface area contributed by atoms with Crippen molar-refractivity contribution in [1.82, 2.24) is 10.2 Å². The Kier molecular flexibility index (Phi) is 6.25. The lowest BCUT2D eigenvalue weighted by Crippen LogP contribution is -2.27. The summed E-state index contributed by atoms with van der Waals surface area (Å²) in [4.78, 5) is 2.58. The quantitative estimate of drug-likeness (QED) is 0.738. The maximum absolute atomic E-state index is 3.52. The predicted octanol–water partition coefficient (Wildman–Crippen LogP) is 4.02. The van der Waals surface area contributed by atoms with Crippen LogP contribution in [0.4, 0.5) is 0 Å². The third-order valence-corrected chi connectivity index (χ3v) is 4.45. The van der Waals surface area contributed by atoms with E-state index in [0.717, 1.165) is 25.6 Å². The van der Waals surface area contributed by atoms with Crippen molar-refractivity contribution in [2.75, 3.05) is 19.6 Å². The molecule has 0 aliphatic heterocycles. The van der Waals surface area contributed by atoms with Gasteiger partial charge in [0.15, 0.2) is 0 Å². The molecule has 2 heteroatoms. The van der Waals surface area contributed by atoms with Crippen molar-refractivity contribution in [3.05, 3.63) is 35.4 Å².